The van der Waals surface area contributed by atoms with Gasteiger partial charge in [-0.25, -0.2) is 0 Å². The fraction of sp³-hybridized carbons (Fsp3) is 0.778. The number of nitrogens with zero attached hydrogens (tertiary/aromatic N) is 1. The minimum atomic E-state index is -0.882. The molecule has 6 aliphatic rings. The number of fused-ring (bicyclic) bond motifs is 2. The Morgan fingerprint density at radius 3 is 2.53 bits per heavy atom. The van der Waals surface area contributed by atoms with E-state index in [9.17, 15) is 5.11 Å². The number of ether oxygens (including phenoxy) is 3. The van der Waals surface area contributed by atoms with E-state index >= 15 is 0 Å². The van der Waals surface area contributed by atoms with Crippen molar-refractivity contribution >= 4 is 0 Å². The molecule has 4 bridgehead atoms. The van der Waals surface area contributed by atoms with E-state index in [1.165, 1.54) is 11.1 Å². The van der Waals surface area contributed by atoms with Gasteiger partial charge in [0, 0.05) is 35.5 Å². The molecule has 0 aromatic heterocycles. The van der Waals surface area contributed by atoms with Crippen molar-refractivity contribution in [3.05, 3.63) is 23.3 Å². The topological polar surface area (TPSA) is 51.2 Å². The fourth-order valence-electron chi connectivity index (χ4n) is 9.01. The molecule has 0 radical (unpaired) electrons. The Bertz CT molecular complexity index is 983. The van der Waals surface area contributed by atoms with Gasteiger partial charge >= 0.3 is 0 Å². The van der Waals surface area contributed by atoms with Gasteiger partial charge in [0.15, 0.2) is 11.5 Å². The van der Waals surface area contributed by atoms with Gasteiger partial charge in [0.25, 0.3) is 0 Å². The van der Waals surface area contributed by atoms with Crippen molar-refractivity contribution in [2.24, 2.45) is 16.7 Å². The Morgan fingerprint density at radius 2 is 1.88 bits per heavy atom. The molecular weight excluding hydrogens is 402 g/mol. The highest BCUT2D eigenvalue weighted by Gasteiger charge is 2.82. The van der Waals surface area contributed by atoms with Gasteiger partial charge in [-0.05, 0) is 69.7 Å². The van der Waals surface area contributed by atoms with E-state index in [0.29, 0.717) is 6.04 Å². The summed E-state index contributed by atoms with van der Waals surface area (Å²) in [4.78, 5) is 2.60. The van der Waals surface area contributed by atoms with Crippen LogP contribution in [0.25, 0.3) is 0 Å². The van der Waals surface area contributed by atoms with Gasteiger partial charge in [0.1, 0.15) is 11.7 Å². The Labute approximate surface area is 192 Å². The molecule has 4 fully saturated rings. The van der Waals surface area contributed by atoms with E-state index in [4.69, 9.17) is 14.2 Å². The summed E-state index contributed by atoms with van der Waals surface area (Å²) in [5.41, 5.74) is 1.17. The van der Waals surface area contributed by atoms with Crippen molar-refractivity contribution in [2.75, 3.05) is 27.8 Å². The minimum absolute atomic E-state index is 0.00253. The average Bonchev–Trinajstić information content (AvgIpc) is 3.12. The summed E-state index contributed by atoms with van der Waals surface area (Å²) in [6, 6.07) is 4.82. The van der Waals surface area contributed by atoms with E-state index < -0.39 is 11.2 Å². The predicted octanol–water partition coefficient (Wildman–Crippen LogP) is 3.94. The molecule has 5 nitrogen and oxygen atoms in total. The highest BCUT2D eigenvalue weighted by molar-refractivity contribution is 5.63. The fourth-order valence-corrected chi connectivity index (χ4v) is 9.01. The molecule has 3 saturated carbocycles. The number of piperidine rings is 1. The minimum Gasteiger partial charge on any atom is -0.493 e. The van der Waals surface area contributed by atoms with Crippen LogP contribution in [0.1, 0.15) is 64.5 Å². The molecule has 3 unspecified atom stereocenters. The second-order valence-corrected chi connectivity index (χ2v) is 12.5. The van der Waals surface area contributed by atoms with Crippen LogP contribution in [0.3, 0.4) is 0 Å². The van der Waals surface area contributed by atoms with Crippen molar-refractivity contribution in [2.45, 2.75) is 88.6 Å². The lowest BCUT2D eigenvalue weighted by molar-refractivity contribution is -0.311. The van der Waals surface area contributed by atoms with Crippen molar-refractivity contribution in [1.82, 2.24) is 4.90 Å². The maximum Gasteiger partial charge on any atom is 0.165 e. The van der Waals surface area contributed by atoms with Crippen molar-refractivity contribution in [1.29, 1.82) is 0 Å². The van der Waals surface area contributed by atoms with Crippen LogP contribution in [0.2, 0.25) is 0 Å². The molecule has 2 spiro atoms. The van der Waals surface area contributed by atoms with Gasteiger partial charge in [-0.1, -0.05) is 26.8 Å². The summed E-state index contributed by atoms with van der Waals surface area (Å²) in [5, 5.41) is 12.1. The van der Waals surface area contributed by atoms with Gasteiger partial charge < -0.3 is 24.2 Å². The first kappa shape index (κ1) is 21.2. The van der Waals surface area contributed by atoms with Crippen LogP contribution < -0.4 is 9.47 Å². The average molecular weight is 442 g/mol. The van der Waals surface area contributed by atoms with Crippen LogP contribution in [0, 0.1) is 16.7 Å². The van der Waals surface area contributed by atoms with Gasteiger partial charge in [-0.2, -0.15) is 0 Å². The Morgan fingerprint density at radius 1 is 1.12 bits per heavy atom. The molecule has 2 aliphatic heterocycles. The molecule has 7 atom stereocenters. The van der Waals surface area contributed by atoms with Crippen molar-refractivity contribution in [3.63, 3.8) is 0 Å². The smallest absolute Gasteiger partial charge is 0.165 e. The number of hydrogen-bond donors (Lipinski definition) is 1. The molecule has 4 aliphatic carbocycles. The third-order valence-electron chi connectivity index (χ3n) is 11.0. The number of benzene rings is 1. The van der Waals surface area contributed by atoms with Gasteiger partial charge in [0.2, 0.25) is 0 Å². The van der Waals surface area contributed by atoms with Gasteiger partial charge in [-0.15, -0.1) is 0 Å². The first-order chi connectivity index (χ1) is 15.0. The second-order valence-electron chi connectivity index (χ2n) is 12.5. The Hall–Kier alpha value is -1.30. The second kappa shape index (κ2) is 6.03. The summed E-state index contributed by atoms with van der Waals surface area (Å²) >= 11 is 0. The molecule has 0 amide bonds. The number of aliphatic hydroxyl groups is 1. The third-order valence-corrected chi connectivity index (χ3v) is 11.0. The molecule has 1 aromatic carbocycles. The van der Waals surface area contributed by atoms with E-state index in [-0.39, 0.29) is 28.3 Å². The highest BCUT2D eigenvalue weighted by atomic mass is 16.6. The third kappa shape index (κ3) is 2.01. The van der Waals surface area contributed by atoms with Gasteiger partial charge in [-0.3, -0.25) is 0 Å². The SMILES string of the molecule is COc1ccc2c3c1O[C@@H]1C34CCN(C)C(C2)[C@]42CC[C@@]1(OC)C([C@](C)(O)C(C)(C)C)C2. The van der Waals surface area contributed by atoms with Crippen LogP contribution >= 0.6 is 0 Å². The zero-order chi connectivity index (χ0) is 22.9. The number of methoxy groups -OCH3 is 2. The lowest BCUT2D eigenvalue weighted by Crippen LogP contribution is -2.83. The van der Waals surface area contributed by atoms with Crippen LogP contribution in [-0.4, -0.2) is 61.2 Å². The van der Waals surface area contributed by atoms with Crippen LogP contribution in [0.4, 0.5) is 0 Å². The Balaban J connectivity index is 1.65. The normalized spacial score (nSPS) is 43.4. The molecule has 2 heterocycles. The van der Waals surface area contributed by atoms with E-state index in [1.807, 2.05) is 14.0 Å². The van der Waals surface area contributed by atoms with E-state index in [1.54, 1.807) is 7.11 Å². The van der Waals surface area contributed by atoms with Crippen LogP contribution in [0.5, 0.6) is 11.5 Å². The van der Waals surface area contributed by atoms with Crippen LogP contribution in [-0.2, 0) is 16.6 Å². The highest BCUT2D eigenvalue weighted by Crippen LogP contribution is 2.77. The maximum absolute atomic E-state index is 12.1. The molecule has 5 heteroatoms. The summed E-state index contributed by atoms with van der Waals surface area (Å²) < 4.78 is 19.4. The lowest BCUT2D eigenvalue weighted by Gasteiger charge is -2.75. The maximum atomic E-state index is 12.1. The first-order valence-electron chi connectivity index (χ1n) is 12.3. The largest absolute Gasteiger partial charge is 0.493 e. The number of rotatable bonds is 3. The summed E-state index contributed by atoms with van der Waals surface area (Å²) in [5.74, 6) is 1.79. The van der Waals surface area contributed by atoms with Crippen molar-refractivity contribution < 1.29 is 19.3 Å². The molecule has 1 N–H and O–H groups in total. The monoisotopic (exact) mass is 441 g/mol. The van der Waals surface area contributed by atoms with E-state index in [2.05, 4.69) is 44.9 Å². The summed E-state index contributed by atoms with van der Waals surface area (Å²) in [6.07, 6.45) is 5.07. The molecule has 7 rings (SSSR count). The predicted molar refractivity (Wildman–Crippen MR) is 123 cm³/mol. The number of likely N-dealkylation sites (N-methyl/N-ethyl adjacent to an activating group) is 1. The molecule has 1 saturated heterocycles. The molecular formula is C27H39NO4. The number of hydrogen-bond acceptors (Lipinski definition) is 5. The summed E-state index contributed by atoms with van der Waals surface area (Å²) in [6.45, 7) is 9.59. The quantitative estimate of drug-likeness (QED) is 0.770. The molecule has 1 aromatic rings. The van der Waals surface area contributed by atoms with E-state index in [0.717, 1.165) is 50.1 Å². The van der Waals surface area contributed by atoms with Gasteiger partial charge in [0.05, 0.1) is 12.7 Å². The molecule has 176 valence electrons. The van der Waals surface area contributed by atoms with Crippen LogP contribution in [0.15, 0.2) is 12.1 Å². The first-order valence-corrected chi connectivity index (χ1v) is 12.3. The van der Waals surface area contributed by atoms with Crippen molar-refractivity contribution in [3.8, 4) is 11.5 Å². The zero-order valence-electron chi connectivity index (χ0n) is 20.7. The zero-order valence-corrected chi connectivity index (χ0v) is 20.7. The lowest BCUT2D eigenvalue weighted by atomic mass is 9.33. The standard InChI is InChI=1S/C27H39NO4/c1-23(2,3)24(4,29)18-15-25-10-11-27(18,31-7)22-26(25)12-13-28(5)19(25)14-16-8-9-17(30-6)21(32-22)20(16)26/h8-9,18-19,22,29H,10-15H2,1-7H3/t18?,19?,22-,24+,25-,26?,27-/m1/s1. The summed E-state index contributed by atoms with van der Waals surface area (Å²) in [7, 11) is 5.89. The number of likely N-dealkylation sites (tertiary alicyclic amines) is 1. The molecule has 32 heavy (non-hydrogen) atoms. The Kier molecular flexibility index (Phi) is 4.00.